The van der Waals surface area contributed by atoms with Crippen molar-refractivity contribution < 1.29 is 33.3 Å². The number of nitrogens with zero attached hydrogens (tertiary/aromatic N) is 1. The number of benzene rings is 2. The Morgan fingerprint density at radius 2 is 1.29 bits per heavy atom. The second-order valence-corrected chi connectivity index (χ2v) is 9.73. The Morgan fingerprint density at radius 1 is 0.789 bits per heavy atom. The van der Waals surface area contributed by atoms with Gasteiger partial charge in [-0.2, -0.15) is 11.8 Å². The minimum atomic E-state index is -0.104. The maximum absolute atomic E-state index is 13.6. The first-order chi connectivity index (χ1) is 18.4. The largest absolute Gasteiger partial charge is 0.493 e. The molecule has 0 atom stereocenters. The lowest BCUT2D eigenvalue weighted by atomic mass is 9.94. The van der Waals surface area contributed by atoms with E-state index in [4.69, 9.17) is 23.7 Å². The van der Waals surface area contributed by atoms with Gasteiger partial charge in [0.25, 0.3) is 0 Å². The molecule has 38 heavy (non-hydrogen) atoms. The average molecular weight is 542 g/mol. The number of carbonyl (C=O) groups excluding carboxylic acids is 2. The highest BCUT2D eigenvalue weighted by molar-refractivity contribution is 7.99. The highest BCUT2D eigenvalue weighted by Gasteiger charge is 2.29. The standard InChI is InChI=1S/C29H35NO7S/c1-33-11-13-38-12-10-28(31)30-18-22(14-20-6-8-24(34-2)26(16-20)36-4)29(32)23(19-30)15-21-7-9-25(35-3)27(17-21)37-5/h6-9,14-17H,10-13,18-19H2,1-5H3/b22-14+,23-15+. The summed E-state index contributed by atoms with van der Waals surface area (Å²) in [5.74, 6) is 3.74. The Labute approximate surface area is 228 Å². The molecule has 0 aromatic heterocycles. The molecule has 1 fully saturated rings. The monoisotopic (exact) mass is 541 g/mol. The summed E-state index contributed by atoms with van der Waals surface area (Å²) in [6.45, 7) is 1.11. The molecule has 2 aromatic carbocycles. The third-order valence-corrected chi connectivity index (χ3v) is 7.00. The molecular weight excluding hydrogens is 506 g/mol. The molecule has 0 aliphatic carbocycles. The van der Waals surface area contributed by atoms with Crippen molar-refractivity contribution in [1.82, 2.24) is 4.90 Å². The van der Waals surface area contributed by atoms with Crippen molar-refractivity contribution in [3.63, 3.8) is 0 Å². The predicted octanol–water partition coefficient (Wildman–Crippen LogP) is 4.37. The van der Waals surface area contributed by atoms with Gasteiger partial charge in [-0.05, 0) is 47.5 Å². The summed E-state index contributed by atoms with van der Waals surface area (Å²) >= 11 is 1.67. The van der Waals surface area contributed by atoms with Gasteiger partial charge >= 0.3 is 0 Å². The van der Waals surface area contributed by atoms with Crippen LogP contribution in [0.25, 0.3) is 12.2 Å². The van der Waals surface area contributed by atoms with E-state index >= 15 is 0 Å². The highest BCUT2D eigenvalue weighted by Crippen LogP contribution is 2.31. The zero-order chi connectivity index (χ0) is 27.5. The van der Waals surface area contributed by atoms with Crippen LogP contribution in [-0.4, -0.2) is 83.3 Å². The molecule has 0 saturated carbocycles. The van der Waals surface area contributed by atoms with Crippen molar-refractivity contribution in [3.05, 3.63) is 58.7 Å². The van der Waals surface area contributed by atoms with E-state index < -0.39 is 0 Å². The Morgan fingerprint density at radius 3 is 1.74 bits per heavy atom. The van der Waals surface area contributed by atoms with Crippen molar-refractivity contribution in [2.75, 3.05) is 66.8 Å². The van der Waals surface area contributed by atoms with Crippen LogP contribution >= 0.6 is 11.8 Å². The fraction of sp³-hybridized carbons (Fsp3) is 0.379. The van der Waals surface area contributed by atoms with E-state index in [2.05, 4.69) is 0 Å². The molecular formula is C29H35NO7S. The highest BCUT2D eigenvalue weighted by atomic mass is 32.2. The summed E-state index contributed by atoms with van der Waals surface area (Å²) in [5.41, 5.74) is 2.60. The molecule has 1 aliphatic rings. The van der Waals surface area contributed by atoms with Crippen LogP contribution in [-0.2, 0) is 14.3 Å². The molecule has 1 heterocycles. The summed E-state index contributed by atoms with van der Waals surface area (Å²) in [6.07, 6.45) is 3.99. The topological polar surface area (TPSA) is 83.5 Å². The van der Waals surface area contributed by atoms with E-state index in [1.807, 2.05) is 24.3 Å². The van der Waals surface area contributed by atoms with Gasteiger partial charge in [-0.3, -0.25) is 9.59 Å². The molecule has 1 saturated heterocycles. The molecule has 2 aromatic rings. The Kier molecular flexibility index (Phi) is 11.1. The number of carbonyl (C=O) groups is 2. The molecule has 0 bridgehead atoms. The number of likely N-dealkylation sites (tertiary alicyclic amines) is 1. The van der Waals surface area contributed by atoms with Crippen LogP contribution in [0.2, 0.25) is 0 Å². The number of amides is 1. The van der Waals surface area contributed by atoms with E-state index in [-0.39, 0.29) is 24.8 Å². The maximum atomic E-state index is 13.6. The number of ether oxygens (including phenoxy) is 5. The molecule has 0 unspecified atom stereocenters. The lowest BCUT2D eigenvalue weighted by molar-refractivity contribution is -0.130. The smallest absolute Gasteiger partial charge is 0.224 e. The summed E-state index contributed by atoms with van der Waals surface area (Å²) in [6, 6.07) is 10.9. The third-order valence-electron chi connectivity index (χ3n) is 6.05. The van der Waals surface area contributed by atoms with Crippen LogP contribution in [0.3, 0.4) is 0 Å². The Bertz CT molecular complexity index is 1110. The van der Waals surface area contributed by atoms with Crippen molar-refractivity contribution in [2.24, 2.45) is 0 Å². The number of piperidine rings is 1. The molecule has 9 heteroatoms. The van der Waals surface area contributed by atoms with Gasteiger partial charge in [0.15, 0.2) is 28.8 Å². The van der Waals surface area contributed by atoms with E-state index in [0.29, 0.717) is 52.9 Å². The minimum absolute atomic E-state index is 0.00107. The van der Waals surface area contributed by atoms with Crippen LogP contribution in [0.5, 0.6) is 23.0 Å². The van der Waals surface area contributed by atoms with Gasteiger partial charge in [0.2, 0.25) is 5.91 Å². The number of rotatable bonds is 12. The van der Waals surface area contributed by atoms with Gasteiger partial charge in [-0.15, -0.1) is 0 Å². The predicted molar refractivity (Wildman–Crippen MR) is 150 cm³/mol. The minimum Gasteiger partial charge on any atom is -0.493 e. The first kappa shape index (κ1) is 29.1. The van der Waals surface area contributed by atoms with Gasteiger partial charge in [0, 0.05) is 49.3 Å². The SMILES string of the molecule is COCCSCCC(=O)N1C/C(=C\c2ccc(OC)c(OC)c2)C(=O)/C(=C/c2ccc(OC)c(OC)c2)C1. The summed E-state index contributed by atoms with van der Waals surface area (Å²) < 4.78 is 26.6. The quantitative estimate of drug-likeness (QED) is 0.289. The number of Topliss-reactive ketones (excluding diaryl/α,β-unsaturated/α-hetero) is 1. The molecule has 0 spiro atoms. The summed E-state index contributed by atoms with van der Waals surface area (Å²) in [4.78, 5) is 28.5. The van der Waals surface area contributed by atoms with E-state index in [1.54, 1.807) is 76.5 Å². The second-order valence-electron chi connectivity index (χ2n) is 8.50. The molecule has 8 nitrogen and oxygen atoms in total. The summed E-state index contributed by atoms with van der Waals surface area (Å²) in [7, 11) is 7.94. The van der Waals surface area contributed by atoms with Crippen molar-refractivity contribution in [2.45, 2.75) is 6.42 Å². The first-order valence-electron chi connectivity index (χ1n) is 12.2. The second kappa shape index (κ2) is 14.5. The van der Waals surface area contributed by atoms with Gasteiger partial charge in [0.05, 0.1) is 35.0 Å². The number of hydrogen-bond acceptors (Lipinski definition) is 8. The molecule has 1 aliphatic heterocycles. The van der Waals surface area contributed by atoms with Crippen molar-refractivity contribution in [1.29, 1.82) is 0 Å². The number of methoxy groups -OCH3 is 5. The number of hydrogen-bond donors (Lipinski definition) is 0. The number of ketones is 1. The van der Waals surface area contributed by atoms with Gasteiger partial charge in [-0.25, -0.2) is 0 Å². The Hall–Kier alpha value is -3.43. The fourth-order valence-electron chi connectivity index (χ4n) is 4.07. The van der Waals surface area contributed by atoms with E-state index in [9.17, 15) is 9.59 Å². The van der Waals surface area contributed by atoms with Crippen LogP contribution in [0.4, 0.5) is 0 Å². The van der Waals surface area contributed by atoms with Crippen LogP contribution in [0.15, 0.2) is 47.5 Å². The average Bonchev–Trinajstić information content (AvgIpc) is 2.94. The third kappa shape index (κ3) is 7.55. The van der Waals surface area contributed by atoms with E-state index in [1.165, 1.54) is 0 Å². The molecule has 1 amide bonds. The Balaban J connectivity index is 1.93. The lowest BCUT2D eigenvalue weighted by Gasteiger charge is -2.30. The normalized spacial score (nSPS) is 15.6. The lowest BCUT2D eigenvalue weighted by Crippen LogP contribution is -2.41. The van der Waals surface area contributed by atoms with Crippen molar-refractivity contribution >= 4 is 35.6 Å². The van der Waals surface area contributed by atoms with Gasteiger partial charge < -0.3 is 28.6 Å². The van der Waals surface area contributed by atoms with E-state index in [0.717, 1.165) is 16.9 Å². The van der Waals surface area contributed by atoms with Gasteiger partial charge in [0.1, 0.15) is 0 Å². The van der Waals surface area contributed by atoms with Crippen LogP contribution in [0.1, 0.15) is 17.5 Å². The van der Waals surface area contributed by atoms with Gasteiger partial charge in [-0.1, -0.05) is 12.1 Å². The zero-order valence-corrected chi connectivity index (χ0v) is 23.4. The molecule has 0 N–H and O–H groups in total. The summed E-state index contributed by atoms with van der Waals surface area (Å²) in [5, 5.41) is 0. The fourth-order valence-corrected chi connectivity index (χ4v) is 4.87. The molecule has 0 radical (unpaired) electrons. The zero-order valence-electron chi connectivity index (χ0n) is 22.6. The van der Waals surface area contributed by atoms with Crippen LogP contribution in [0, 0.1) is 0 Å². The van der Waals surface area contributed by atoms with Crippen LogP contribution < -0.4 is 18.9 Å². The molecule has 204 valence electrons. The maximum Gasteiger partial charge on any atom is 0.224 e. The molecule has 3 rings (SSSR count). The number of thioether (sulfide) groups is 1. The first-order valence-corrected chi connectivity index (χ1v) is 13.3. The van der Waals surface area contributed by atoms with Crippen molar-refractivity contribution in [3.8, 4) is 23.0 Å².